The quantitative estimate of drug-likeness (QED) is 0.723. The monoisotopic (exact) mass is 256 g/mol. The van der Waals surface area contributed by atoms with Crippen LogP contribution in [0.5, 0.6) is 0 Å². The van der Waals surface area contributed by atoms with Gasteiger partial charge in [0.05, 0.1) is 6.10 Å². The van der Waals surface area contributed by atoms with Crippen LogP contribution in [0.3, 0.4) is 0 Å². The molecule has 0 radical (unpaired) electrons. The van der Waals surface area contributed by atoms with E-state index >= 15 is 0 Å². The molecule has 0 bridgehead atoms. The minimum absolute atomic E-state index is 0.244. The second-order valence-corrected chi connectivity index (χ2v) is 5.52. The molecule has 4 nitrogen and oxygen atoms in total. The number of likely N-dealkylation sites (tertiary alicyclic amines) is 1. The molecule has 1 aliphatic rings. The summed E-state index contributed by atoms with van der Waals surface area (Å²) in [6.07, 6.45) is 4.32. The standard InChI is InChI=1S/C14H28N2O2/c1-3-12(6-8-15)4-5-14(18)16-9-7-13(10-16)11(2)17/h11-13,17H,3-10,15H2,1-2H3. The van der Waals surface area contributed by atoms with Crippen molar-refractivity contribution in [1.82, 2.24) is 4.90 Å². The van der Waals surface area contributed by atoms with Gasteiger partial charge in [-0.05, 0) is 38.6 Å². The Bertz CT molecular complexity index is 256. The molecule has 4 heteroatoms. The van der Waals surface area contributed by atoms with Gasteiger partial charge in [0.15, 0.2) is 0 Å². The Labute approximate surface area is 111 Å². The van der Waals surface area contributed by atoms with E-state index in [-0.39, 0.29) is 17.9 Å². The summed E-state index contributed by atoms with van der Waals surface area (Å²) in [5.74, 6) is 1.09. The van der Waals surface area contributed by atoms with E-state index in [1.54, 1.807) is 0 Å². The zero-order valence-electron chi connectivity index (χ0n) is 11.8. The van der Waals surface area contributed by atoms with E-state index in [2.05, 4.69) is 6.92 Å². The van der Waals surface area contributed by atoms with E-state index in [0.717, 1.165) is 38.8 Å². The highest BCUT2D eigenvalue weighted by Crippen LogP contribution is 2.22. The maximum absolute atomic E-state index is 12.1. The van der Waals surface area contributed by atoms with E-state index in [9.17, 15) is 9.90 Å². The third kappa shape index (κ3) is 4.58. The fraction of sp³-hybridized carbons (Fsp3) is 0.929. The summed E-state index contributed by atoms with van der Waals surface area (Å²) in [4.78, 5) is 14.0. The molecule has 0 spiro atoms. The first kappa shape index (κ1) is 15.4. The topological polar surface area (TPSA) is 66.6 Å². The van der Waals surface area contributed by atoms with Crippen molar-refractivity contribution in [3.8, 4) is 0 Å². The molecule has 3 atom stereocenters. The molecule has 18 heavy (non-hydrogen) atoms. The van der Waals surface area contributed by atoms with Crippen LogP contribution in [0.2, 0.25) is 0 Å². The Kier molecular flexibility index (Phi) is 6.65. The molecule has 1 fully saturated rings. The maximum atomic E-state index is 12.1. The molecular formula is C14H28N2O2. The second kappa shape index (κ2) is 7.74. The lowest BCUT2D eigenvalue weighted by molar-refractivity contribution is -0.130. The number of rotatable bonds is 7. The number of nitrogens with zero attached hydrogens (tertiary/aromatic N) is 1. The normalized spacial score (nSPS) is 23.1. The molecule has 1 amide bonds. The summed E-state index contributed by atoms with van der Waals surface area (Å²) in [6.45, 7) is 6.21. The lowest BCUT2D eigenvalue weighted by atomic mass is 9.96. The predicted octanol–water partition coefficient (Wildman–Crippen LogP) is 1.37. The van der Waals surface area contributed by atoms with Crippen molar-refractivity contribution < 1.29 is 9.90 Å². The van der Waals surface area contributed by atoms with Crippen LogP contribution in [-0.4, -0.2) is 41.7 Å². The van der Waals surface area contributed by atoms with Crippen molar-refractivity contribution in [3.05, 3.63) is 0 Å². The van der Waals surface area contributed by atoms with Gasteiger partial charge in [0.25, 0.3) is 0 Å². The first-order valence-electron chi connectivity index (χ1n) is 7.24. The summed E-state index contributed by atoms with van der Waals surface area (Å²) >= 11 is 0. The number of carbonyl (C=O) groups excluding carboxylic acids is 1. The Morgan fingerprint density at radius 2 is 2.22 bits per heavy atom. The van der Waals surface area contributed by atoms with Gasteiger partial charge in [-0.2, -0.15) is 0 Å². The zero-order valence-corrected chi connectivity index (χ0v) is 11.8. The first-order valence-corrected chi connectivity index (χ1v) is 7.24. The summed E-state index contributed by atoms with van der Waals surface area (Å²) in [6, 6.07) is 0. The minimum atomic E-state index is -0.302. The first-order chi connectivity index (χ1) is 8.58. The van der Waals surface area contributed by atoms with Crippen molar-refractivity contribution in [2.24, 2.45) is 17.6 Å². The Hall–Kier alpha value is -0.610. The fourth-order valence-electron chi connectivity index (χ4n) is 2.68. The highest BCUT2D eigenvalue weighted by atomic mass is 16.3. The molecule has 0 aliphatic carbocycles. The molecule has 106 valence electrons. The molecular weight excluding hydrogens is 228 g/mol. The molecule has 3 unspecified atom stereocenters. The summed E-state index contributed by atoms with van der Waals surface area (Å²) in [7, 11) is 0. The highest BCUT2D eigenvalue weighted by Gasteiger charge is 2.28. The minimum Gasteiger partial charge on any atom is -0.393 e. The SMILES string of the molecule is CCC(CCN)CCC(=O)N1CCC(C(C)O)C1. The van der Waals surface area contributed by atoms with Crippen molar-refractivity contribution in [1.29, 1.82) is 0 Å². The molecule has 0 saturated carbocycles. The van der Waals surface area contributed by atoms with E-state index < -0.39 is 0 Å². The van der Waals surface area contributed by atoms with Crippen LogP contribution in [-0.2, 0) is 4.79 Å². The number of carbonyl (C=O) groups is 1. The van der Waals surface area contributed by atoms with Crippen molar-refractivity contribution in [2.45, 2.75) is 52.1 Å². The Morgan fingerprint density at radius 1 is 1.50 bits per heavy atom. The van der Waals surface area contributed by atoms with E-state index in [1.165, 1.54) is 0 Å². The molecule has 0 aromatic heterocycles. The van der Waals surface area contributed by atoms with Crippen LogP contribution in [0.25, 0.3) is 0 Å². The van der Waals surface area contributed by atoms with Crippen LogP contribution in [0.15, 0.2) is 0 Å². The van der Waals surface area contributed by atoms with Crippen LogP contribution in [0.4, 0.5) is 0 Å². The van der Waals surface area contributed by atoms with Crippen molar-refractivity contribution >= 4 is 5.91 Å². The van der Waals surface area contributed by atoms with Crippen LogP contribution >= 0.6 is 0 Å². The largest absolute Gasteiger partial charge is 0.393 e. The smallest absolute Gasteiger partial charge is 0.222 e. The number of hydrogen-bond donors (Lipinski definition) is 2. The second-order valence-electron chi connectivity index (χ2n) is 5.52. The Morgan fingerprint density at radius 3 is 2.72 bits per heavy atom. The third-order valence-electron chi connectivity index (χ3n) is 4.18. The average Bonchev–Trinajstić information content (AvgIpc) is 2.83. The zero-order chi connectivity index (χ0) is 13.5. The predicted molar refractivity (Wildman–Crippen MR) is 73.1 cm³/mol. The molecule has 1 heterocycles. The fourth-order valence-corrected chi connectivity index (χ4v) is 2.68. The van der Waals surface area contributed by atoms with E-state index in [1.807, 2.05) is 11.8 Å². The van der Waals surface area contributed by atoms with Gasteiger partial charge in [-0.15, -0.1) is 0 Å². The summed E-state index contributed by atoms with van der Waals surface area (Å²) in [5, 5.41) is 9.53. The molecule has 3 N–H and O–H groups in total. The number of amides is 1. The lowest BCUT2D eigenvalue weighted by Crippen LogP contribution is -2.30. The van der Waals surface area contributed by atoms with E-state index in [4.69, 9.17) is 5.73 Å². The van der Waals surface area contributed by atoms with Crippen LogP contribution in [0.1, 0.15) is 46.0 Å². The van der Waals surface area contributed by atoms with Crippen molar-refractivity contribution in [3.63, 3.8) is 0 Å². The van der Waals surface area contributed by atoms with Gasteiger partial charge in [0.2, 0.25) is 5.91 Å². The van der Waals surface area contributed by atoms with Gasteiger partial charge >= 0.3 is 0 Å². The van der Waals surface area contributed by atoms with Crippen molar-refractivity contribution in [2.75, 3.05) is 19.6 Å². The molecule has 1 aliphatic heterocycles. The average molecular weight is 256 g/mol. The molecule has 0 aromatic rings. The Balaban J connectivity index is 2.29. The number of aliphatic hydroxyl groups is 1. The van der Waals surface area contributed by atoms with Gasteiger partial charge in [0.1, 0.15) is 0 Å². The van der Waals surface area contributed by atoms with Gasteiger partial charge in [-0.25, -0.2) is 0 Å². The highest BCUT2D eigenvalue weighted by molar-refractivity contribution is 5.76. The summed E-state index contributed by atoms with van der Waals surface area (Å²) < 4.78 is 0. The van der Waals surface area contributed by atoms with Crippen LogP contribution in [0, 0.1) is 11.8 Å². The molecule has 1 rings (SSSR count). The number of nitrogens with two attached hydrogens (primary N) is 1. The van der Waals surface area contributed by atoms with Gasteiger partial charge in [-0.3, -0.25) is 4.79 Å². The van der Waals surface area contributed by atoms with E-state index in [0.29, 0.717) is 18.9 Å². The number of aliphatic hydroxyl groups excluding tert-OH is 1. The van der Waals surface area contributed by atoms with Gasteiger partial charge in [-0.1, -0.05) is 13.3 Å². The van der Waals surface area contributed by atoms with Gasteiger partial charge in [0, 0.05) is 25.4 Å². The van der Waals surface area contributed by atoms with Crippen LogP contribution < -0.4 is 5.73 Å². The molecule has 1 saturated heterocycles. The lowest BCUT2D eigenvalue weighted by Gasteiger charge is -2.19. The molecule has 0 aromatic carbocycles. The summed E-state index contributed by atoms with van der Waals surface area (Å²) in [5.41, 5.74) is 5.56. The maximum Gasteiger partial charge on any atom is 0.222 e. The van der Waals surface area contributed by atoms with Gasteiger partial charge < -0.3 is 15.7 Å². The third-order valence-corrected chi connectivity index (χ3v) is 4.18. The number of hydrogen-bond acceptors (Lipinski definition) is 3.